The van der Waals surface area contributed by atoms with E-state index in [4.69, 9.17) is 0 Å². The average molecular weight is 146 g/mol. The Balaban J connectivity index is 2.44. The van der Waals surface area contributed by atoms with Crippen molar-refractivity contribution < 1.29 is 4.21 Å². The van der Waals surface area contributed by atoms with Gasteiger partial charge in [-0.3, -0.25) is 4.21 Å². The van der Waals surface area contributed by atoms with E-state index in [1.165, 1.54) is 12.8 Å². The molecule has 1 nitrogen and oxygen atoms in total. The molecule has 1 saturated heterocycles. The lowest BCUT2D eigenvalue weighted by atomic mass is 10.0. The Morgan fingerprint density at radius 3 is 2.56 bits per heavy atom. The van der Waals surface area contributed by atoms with Crippen LogP contribution in [0.4, 0.5) is 0 Å². The van der Waals surface area contributed by atoms with Crippen LogP contribution in [0.15, 0.2) is 0 Å². The van der Waals surface area contributed by atoms with Gasteiger partial charge < -0.3 is 0 Å². The predicted octanol–water partition coefficient (Wildman–Crippen LogP) is 1.55. The molecule has 0 N–H and O–H groups in total. The Kier molecular flexibility index (Phi) is 2.28. The third-order valence-corrected chi connectivity index (χ3v) is 3.98. The molecule has 3 unspecified atom stereocenters. The highest BCUT2D eigenvalue weighted by molar-refractivity contribution is 7.85. The van der Waals surface area contributed by atoms with Crippen molar-refractivity contribution in [2.24, 2.45) is 5.92 Å². The first kappa shape index (κ1) is 7.26. The van der Waals surface area contributed by atoms with Gasteiger partial charge in [0.05, 0.1) is 0 Å². The van der Waals surface area contributed by atoms with Gasteiger partial charge in [0.1, 0.15) is 0 Å². The van der Waals surface area contributed by atoms with Crippen molar-refractivity contribution in [1.82, 2.24) is 0 Å². The Morgan fingerprint density at radius 2 is 2.33 bits per heavy atom. The van der Waals surface area contributed by atoms with E-state index in [2.05, 4.69) is 13.8 Å². The Morgan fingerprint density at radius 1 is 1.67 bits per heavy atom. The molecule has 1 aliphatic rings. The summed E-state index contributed by atoms with van der Waals surface area (Å²) < 4.78 is 11.1. The van der Waals surface area contributed by atoms with E-state index in [1.54, 1.807) is 0 Å². The Bertz CT molecular complexity index is 122. The minimum atomic E-state index is -0.498. The first-order valence-corrected chi connectivity index (χ1v) is 4.99. The summed E-state index contributed by atoms with van der Waals surface area (Å²) in [5, 5.41) is 0.468. The van der Waals surface area contributed by atoms with Gasteiger partial charge in [0.2, 0.25) is 0 Å². The monoisotopic (exact) mass is 146 g/mol. The third-order valence-electron chi connectivity index (χ3n) is 2.09. The summed E-state index contributed by atoms with van der Waals surface area (Å²) in [5.74, 6) is 1.71. The molecule has 0 spiro atoms. The molecular formula is C7H14OS. The zero-order valence-corrected chi connectivity index (χ0v) is 6.91. The number of hydrogen-bond donors (Lipinski definition) is 0. The molecule has 1 rings (SSSR count). The molecule has 0 aliphatic carbocycles. The highest BCUT2D eigenvalue weighted by atomic mass is 32.2. The van der Waals surface area contributed by atoms with Crippen molar-refractivity contribution in [2.75, 3.05) is 5.75 Å². The van der Waals surface area contributed by atoms with Crippen molar-refractivity contribution in [3.8, 4) is 0 Å². The van der Waals surface area contributed by atoms with Crippen LogP contribution in [0, 0.1) is 5.92 Å². The molecule has 1 aliphatic heterocycles. The summed E-state index contributed by atoms with van der Waals surface area (Å²) in [6, 6.07) is 0. The fourth-order valence-electron chi connectivity index (χ4n) is 1.33. The van der Waals surface area contributed by atoms with E-state index in [9.17, 15) is 4.21 Å². The summed E-state index contributed by atoms with van der Waals surface area (Å²) in [4.78, 5) is 0. The summed E-state index contributed by atoms with van der Waals surface area (Å²) in [7, 11) is -0.498. The van der Waals surface area contributed by atoms with Crippen LogP contribution in [-0.4, -0.2) is 15.2 Å². The largest absolute Gasteiger partial charge is 0.259 e. The van der Waals surface area contributed by atoms with Crippen LogP contribution in [0.2, 0.25) is 0 Å². The molecule has 0 radical (unpaired) electrons. The van der Waals surface area contributed by atoms with E-state index >= 15 is 0 Å². The topological polar surface area (TPSA) is 17.1 Å². The summed E-state index contributed by atoms with van der Waals surface area (Å²) >= 11 is 0. The Hall–Kier alpha value is 0.150. The SMILES string of the molecule is CCC1CC(C)S(=O)C1. The quantitative estimate of drug-likeness (QED) is 0.548. The third kappa shape index (κ3) is 1.54. The van der Waals surface area contributed by atoms with Gasteiger partial charge in [0, 0.05) is 21.8 Å². The van der Waals surface area contributed by atoms with Crippen molar-refractivity contribution in [3.05, 3.63) is 0 Å². The van der Waals surface area contributed by atoms with Crippen LogP contribution in [0.5, 0.6) is 0 Å². The van der Waals surface area contributed by atoms with Gasteiger partial charge in [0.25, 0.3) is 0 Å². The first-order chi connectivity index (χ1) is 4.24. The van der Waals surface area contributed by atoms with Gasteiger partial charge in [0.15, 0.2) is 0 Å². The minimum Gasteiger partial charge on any atom is -0.259 e. The average Bonchev–Trinajstić information content (AvgIpc) is 2.13. The maximum Gasteiger partial charge on any atom is 0.0322 e. The molecule has 0 aromatic rings. The van der Waals surface area contributed by atoms with Crippen molar-refractivity contribution >= 4 is 10.8 Å². The molecule has 1 heterocycles. The highest BCUT2D eigenvalue weighted by Crippen LogP contribution is 2.24. The van der Waals surface area contributed by atoms with Crippen molar-refractivity contribution in [2.45, 2.75) is 31.9 Å². The fraction of sp³-hybridized carbons (Fsp3) is 1.00. The van der Waals surface area contributed by atoms with Crippen LogP contribution >= 0.6 is 0 Å². The van der Waals surface area contributed by atoms with Gasteiger partial charge in [-0.1, -0.05) is 20.3 Å². The molecular weight excluding hydrogens is 132 g/mol. The Labute approximate surface area is 59.3 Å². The van der Waals surface area contributed by atoms with Crippen LogP contribution in [0.1, 0.15) is 26.7 Å². The summed E-state index contributed by atoms with van der Waals surface area (Å²) in [5.41, 5.74) is 0. The zero-order valence-electron chi connectivity index (χ0n) is 6.09. The second kappa shape index (κ2) is 2.82. The van der Waals surface area contributed by atoms with E-state index in [0.29, 0.717) is 5.25 Å². The normalized spacial score (nSPS) is 43.6. The first-order valence-electron chi connectivity index (χ1n) is 3.61. The lowest BCUT2D eigenvalue weighted by Crippen LogP contribution is -2.01. The van der Waals surface area contributed by atoms with Gasteiger partial charge in [-0.05, 0) is 12.3 Å². The zero-order chi connectivity index (χ0) is 6.85. The van der Waals surface area contributed by atoms with E-state index in [0.717, 1.165) is 11.7 Å². The standard InChI is InChI=1S/C7H14OS/c1-3-7-4-6(2)9(8)5-7/h6-7H,3-5H2,1-2H3. The van der Waals surface area contributed by atoms with Crippen molar-refractivity contribution in [3.63, 3.8) is 0 Å². The molecule has 0 saturated carbocycles. The van der Waals surface area contributed by atoms with Crippen LogP contribution in [-0.2, 0) is 10.8 Å². The second-order valence-electron chi connectivity index (χ2n) is 2.87. The molecule has 1 fully saturated rings. The van der Waals surface area contributed by atoms with Gasteiger partial charge in [-0.2, -0.15) is 0 Å². The molecule has 0 bridgehead atoms. The molecule has 9 heavy (non-hydrogen) atoms. The molecule has 0 aromatic carbocycles. The van der Waals surface area contributed by atoms with Crippen molar-refractivity contribution in [1.29, 1.82) is 0 Å². The van der Waals surface area contributed by atoms with Crippen LogP contribution in [0.25, 0.3) is 0 Å². The van der Waals surface area contributed by atoms with Gasteiger partial charge in [-0.25, -0.2) is 0 Å². The van der Waals surface area contributed by atoms with E-state index in [1.807, 2.05) is 0 Å². The maximum atomic E-state index is 11.1. The molecule has 2 heteroatoms. The van der Waals surface area contributed by atoms with E-state index in [-0.39, 0.29) is 0 Å². The molecule has 0 aromatic heterocycles. The highest BCUT2D eigenvalue weighted by Gasteiger charge is 2.26. The fourth-order valence-corrected chi connectivity index (χ4v) is 2.98. The molecule has 0 amide bonds. The number of rotatable bonds is 1. The van der Waals surface area contributed by atoms with Crippen LogP contribution < -0.4 is 0 Å². The van der Waals surface area contributed by atoms with Gasteiger partial charge in [-0.15, -0.1) is 0 Å². The van der Waals surface area contributed by atoms with E-state index < -0.39 is 10.8 Å². The predicted molar refractivity (Wildman–Crippen MR) is 40.9 cm³/mol. The molecule has 54 valence electrons. The smallest absolute Gasteiger partial charge is 0.0322 e. The lowest BCUT2D eigenvalue weighted by Gasteiger charge is -1.99. The summed E-state index contributed by atoms with van der Waals surface area (Å²) in [6.07, 6.45) is 2.39. The van der Waals surface area contributed by atoms with Crippen LogP contribution in [0.3, 0.4) is 0 Å². The summed E-state index contributed by atoms with van der Waals surface area (Å²) in [6.45, 7) is 4.27. The van der Waals surface area contributed by atoms with Gasteiger partial charge >= 0.3 is 0 Å². The maximum absolute atomic E-state index is 11.1. The molecule has 3 atom stereocenters. The number of hydrogen-bond acceptors (Lipinski definition) is 1. The minimum absolute atomic E-state index is 0.468. The second-order valence-corrected chi connectivity index (χ2v) is 4.77. The lowest BCUT2D eigenvalue weighted by molar-refractivity contribution is 0.550.